The van der Waals surface area contributed by atoms with Crippen molar-refractivity contribution in [1.29, 1.82) is 0 Å². The number of methoxy groups -OCH3 is 1. The molecule has 0 atom stereocenters. The van der Waals surface area contributed by atoms with E-state index in [0.29, 0.717) is 13.2 Å². The van der Waals surface area contributed by atoms with Crippen LogP contribution in [0.2, 0.25) is 0 Å². The molecule has 0 bridgehead atoms. The second kappa shape index (κ2) is 6.34. The van der Waals surface area contributed by atoms with E-state index in [-0.39, 0.29) is 5.82 Å². The van der Waals surface area contributed by atoms with E-state index in [1.165, 1.54) is 12.1 Å². The molecule has 0 amide bonds. The summed E-state index contributed by atoms with van der Waals surface area (Å²) < 4.78 is 18.4. The van der Waals surface area contributed by atoms with Gasteiger partial charge in [0.25, 0.3) is 0 Å². The maximum Gasteiger partial charge on any atom is 0.125 e. The van der Waals surface area contributed by atoms with Gasteiger partial charge in [-0.3, -0.25) is 0 Å². The second-order valence-corrected chi connectivity index (χ2v) is 4.51. The van der Waals surface area contributed by atoms with Crippen LogP contribution in [0.15, 0.2) is 42.5 Å². The van der Waals surface area contributed by atoms with Gasteiger partial charge in [-0.25, -0.2) is 4.39 Å². The minimum absolute atomic E-state index is 0.224. The van der Waals surface area contributed by atoms with Gasteiger partial charge in [0.1, 0.15) is 5.82 Å². The number of benzene rings is 2. The predicted molar refractivity (Wildman–Crippen MR) is 75.6 cm³/mol. The van der Waals surface area contributed by atoms with Crippen molar-refractivity contribution < 1.29 is 9.13 Å². The van der Waals surface area contributed by atoms with Crippen LogP contribution >= 0.6 is 0 Å². The number of aryl methyl sites for hydroxylation is 1. The minimum atomic E-state index is -0.224. The van der Waals surface area contributed by atoms with Gasteiger partial charge >= 0.3 is 0 Å². The van der Waals surface area contributed by atoms with E-state index in [1.54, 1.807) is 13.2 Å². The fourth-order valence-corrected chi connectivity index (χ4v) is 2.00. The molecule has 0 radical (unpaired) electrons. The number of anilines is 1. The highest BCUT2D eigenvalue weighted by molar-refractivity contribution is 5.51. The van der Waals surface area contributed by atoms with Crippen molar-refractivity contribution in [3.05, 3.63) is 65.0 Å². The summed E-state index contributed by atoms with van der Waals surface area (Å²) in [5, 5.41) is 3.27. The van der Waals surface area contributed by atoms with Gasteiger partial charge in [0, 0.05) is 19.3 Å². The molecule has 0 saturated carbocycles. The zero-order valence-electron chi connectivity index (χ0n) is 11.2. The third-order valence-corrected chi connectivity index (χ3v) is 3.09. The summed E-state index contributed by atoms with van der Waals surface area (Å²) >= 11 is 0. The highest BCUT2D eigenvalue weighted by Gasteiger charge is 2.03. The lowest BCUT2D eigenvalue weighted by atomic mass is 10.1. The van der Waals surface area contributed by atoms with Crippen molar-refractivity contribution in [3.63, 3.8) is 0 Å². The molecule has 0 spiro atoms. The SMILES string of the molecule is COCc1ccccc1CNc1cc(F)ccc1C. The molecule has 0 saturated heterocycles. The van der Waals surface area contributed by atoms with Crippen molar-refractivity contribution in [2.24, 2.45) is 0 Å². The lowest BCUT2D eigenvalue weighted by Crippen LogP contribution is -2.05. The number of halogens is 1. The molecule has 2 nitrogen and oxygen atoms in total. The molecule has 2 rings (SSSR count). The Bertz CT molecular complexity index is 554. The molecule has 100 valence electrons. The average Bonchev–Trinajstić information content (AvgIpc) is 2.42. The molecule has 2 aromatic carbocycles. The molecule has 0 aliphatic rings. The van der Waals surface area contributed by atoms with E-state index < -0.39 is 0 Å². The Kier molecular flexibility index (Phi) is 4.53. The number of hydrogen-bond acceptors (Lipinski definition) is 2. The Hall–Kier alpha value is -1.87. The van der Waals surface area contributed by atoms with Crippen LogP contribution in [0.3, 0.4) is 0 Å². The molecule has 0 aromatic heterocycles. The molecule has 0 aliphatic heterocycles. The maximum atomic E-state index is 13.2. The molecule has 0 aliphatic carbocycles. The van der Waals surface area contributed by atoms with E-state index in [0.717, 1.165) is 22.4 Å². The summed E-state index contributed by atoms with van der Waals surface area (Å²) in [4.78, 5) is 0. The summed E-state index contributed by atoms with van der Waals surface area (Å²) in [7, 11) is 1.68. The number of nitrogens with one attached hydrogen (secondary N) is 1. The van der Waals surface area contributed by atoms with Gasteiger partial charge in [-0.05, 0) is 35.7 Å². The third-order valence-electron chi connectivity index (χ3n) is 3.09. The number of ether oxygens (including phenoxy) is 1. The van der Waals surface area contributed by atoms with Crippen LogP contribution in [0.5, 0.6) is 0 Å². The van der Waals surface area contributed by atoms with Crippen molar-refractivity contribution in [1.82, 2.24) is 0 Å². The Morgan fingerprint density at radius 3 is 2.58 bits per heavy atom. The number of hydrogen-bond donors (Lipinski definition) is 1. The zero-order chi connectivity index (χ0) is 13.7. The first-order valence-corrected chi connectivity index (χ1v) is 6.26. The summed E-state index contributed by atoms with van der Waals surface area (Å²) in [6.45, 7) is 3.20. The smallest absolute Gasteiger partial charge is 0.125 e. The van der Waals surface area contributed by atoms with E-state index in [2.05, 4.69) is 11.4 Å². The minimum Gasteiger partial charge on any atom is -0.381 e. The first-order valence-electron chi connectivity index (χ1n) is 6.26. The Morgan fingerprint density at radius 2 is 1.84 bits per heavy atom. The second-order valence-electron chi connectivity index (χ2n) is 4.51. The van der Waals surface area contributed by atoms with Gasteiger partial charge in [0.05, 0.1) is 6.61 Å². The van der Waals surface area contributed by atoms with Gasteiger partial charge < -0.3 is 10.1 Å². The van der Waals surface area contributed by atoms with Gasteiger partial charge in [-0.1, -0.05) is 30.3 Å². The fraction of sp³-hybridized carbons (Fsp3) is 0.250. The van der Waals surface area contributed by atoms with Crippen molar-refractivity contribution in [2.45, 2.75) is 20.1 Å². The van der Waals surface area contributed by atoms with Crippen LogP contribution in [-0.4, -0.2) is 7.11 Å². The van der Waals surface area contributed by atoms with Crippen LogP contribution in [-0.2, 0) is 17.9 Å². The summed E-state index contributed by atoms with van der Waals surface area (Å²) in [6, 6.07) is 12.8. The van der Waals surface area contributed by atoms with Crippen molar-refractivity contribution in [3.8, 4) is 0 Å². The average molecular weight is 259 g/mol. The number of rotatable bonds is 5. The lowest BCUT2D eigenvalue weighted by molar-refractivity contribution is 0.184. The molecular formula is C16H18FNO. The normalized spacial score (nSPS) is 10.5. The predicted octanol–water partition coefficient (Wildman–Crippen LogP) is 3.89. The highest BCUT2D eigenvalue weighted by Crippen LogP contribution is 2.18. The van der Waals surface area contributed by atoms with Crippen LogP contribution in [0.1, 0.15) is 16.7 Å². The third kappa shape index (κ3) is 3.55. The molecular weight excluding hydrogens is 241 g/mol. The first kappa shape index (κ1) is 13.6. The molecule has 0 heterocycles. The summed E-state index contributed by atoms with van der Waals surface area (Å²) in [6.07, 6.45) is 0. The van der Waals surface area contributed by atoms with Crippen molar-refractivity contribution in [2.75, 3.05) is 12.4 Å². The molecule has 19 heavy (non-hydrogen) atoms. The Balaban J connectivity index is 2.12. The quantitative estimate of drug-likeness (QED) is 0.879. The van der Waals surface area contributed by atoms with E-state index in [4.69, 9.17) is 4.74 Å². The molecule has 0 unspecified atom stereocenters. The summed E-state index contributed by atoms with van der Waals surface area (Å²) in [5.41, 5.74) is 4.16. The van der Waals surface area contributed by atoms with Gasteiger partial charge in [0.15, 0.2) is 0 Å². The molecule has 0 fully saturated rings. The topological polar surface area (TPSA) is 21.3 Å². The first-order chi connectivity index (χ1) is 9.20. The van der Waals surface area contributed by atoms with Crippen LogP contribution in [0.4, 0.5) is 10.1 Å². The van der Waals surface area contributed by atoms with Crippen molar-refractivity contribution >= 4 is 5.69 Å². The summed E-state index contributed by atoms with van der Waals surface area (Å²) in [5.74, 6) is -0.224. The Labute approximate surface area is 113 Å². The van der Waals surface area contributed by atoms with E-state index in [9.17, 15) is 4.39 Å². The van der Waals surface area contributed by atoms with Gasteiger partial charge in [-0.2, -0.15) is 0 Å². The van der Waals surface area contributed by atoms with Crippen LogP contribution < -0.4 is 5.32 Å². The maximum absolute atomic E-state index is 13.2. The standard InChI is InChI=1S/C16H18FNO/c1-12-7-8-15(17)9-16(12)18-10-13-5-3-4-6-14(13)11-19-2/h3-9,18H,10-11H2,1-2H3. The Morgan fingerprint density at radius 1 is 1.11 bits per heavy atom. The monoisotopic (exact) mass is 259 g/mol. The zero-order valence-corrected chi connectivity index (χ0v) is 11.2. The lowest BCUT2D eigenvalue weighted by Gasteiger charge is -2.12. The fourth-order valence-electron chi connectivity index (χ4n) is 2.00. The molecule has 3 heteroatoms. The highest BCUT2D eigenvalue weighted by atomic mass is 19.1. The molecule has 2 aromatic rings. The van der Waals surface area contributed by atoms with Gasteiger partial charge in [-0.15, -0.1) is 0 Å². The van der Waals surface area contributed by atoms with E-state index >= 15 is 0 Å². The van der Waals surface area contributed by atoms with Crippen LogP contribution in [0, 0.1) is 12.7 Å². The van der Waals surface area contributed by atoms with Gasteiger partial charge in [0.2, 0.25) is 0 Å². The van der Waals surface area contributed by atoms with Crippen LogP contribution in [0.25, 0.3) is 0 Å². The largest absolute Gasteiger partial charge is 0.381 e. The van der Waals surface area contributed by atoms with E-state index in [1.807, 2.05) is 25.1 Å². The molecule has 1 N–H and O–H groups in total.